The van der Waals surface area contributed by atoms with Gasteiger partial charge in [0.05, 0.1) is 6.61 Å². The fourth-order valence-electron chi connectivity index (χ4n) is 2.30. The number of benzene rings is 2. The van der Waals surface area contributed by atoms with Crippen LogP contribution in [0.3, 0.4) is 0 Å². The summed E-state index contributed by atoms with van der Waals surface area (Å²) in [5.74, 6) is 2.46. The second-order valence-corrected chi connectivity index (χ2v) is 7.01. The van der Waals surface area contributed by atoms with Gasteiger partial charge in [0.15, 0.2) is 0 Å². The lowest BCUT2D eigenvalue weighted by molar-refractivity contribution is -0.107. The van der Waals surface area contributed by atoms with Crippen LogP contribution in [0.4, 0.5) is 0 Å². The lowest BCUT2D eigenvalue weighted by atomic mass is 9.78. The van der Waals surface area contributed by atoms with Gasteiger partial charge in [0.2, 0.25) is 0 Å². The van der Waals surface area contributed by atoms with Gasteiger partial charge in [-0.25, -0.2) is 0 Å². The van der Waals surface area contributed by atoms with Crippen LogP contribution in [-0.2, 0) is 10.2 Å². The van der Waals surface area contributed by atoms with E-state index in [1.165, 1.54) is 11.1 Å². The zero-order chi connectivity index (χ0) is 18.5. The number of rotatable bonds is 8. The van der Waals surface area contributed by atoms with Crippen molar-refractivity contribution in [1.82, 2.24) is 0 Å². The molecule has 0 bridgehead atoms. The molecule has 0 radical (unpaired) electrons. The van der Waals surface area contributed by atoms with E-state index in [1.807, 2.05) is 0 Å². The van der Waals surface area contributed by atoms with Crippen molar-refractivity contribution >= 4 is 31.5 Å². The maximum Gasteiger partial charge on any atom is 0.120 e. The fraction of sp³-hybridized carbons (Fsp3) is 0.381. The molecule has 0 aliphatic carbocycles. The van der Waals surface area contributed by atoms with Crippen molar-refractivity contribution in [2.45, 2.75) is 32.1 Å². The molecule has 0 aromatic heterocycles. The first-order valence-corrected chi connectivity index (χ1v) is 9.77. The smallest absolute Gasteiger partial charge is 0.120 e. The highest BCUT2D eigenvalue weighted by molar-refractivity contribution is 7.80. The Labute approximate surface area is 162 Å². The molecular formula is C21H28O2S2. The summed E-state index contributed by atoms with van der Waals surface area (Å²) in [4.78, 5) is 9.36. The van der Waals surface area contributed by atoms with Crippen molar-refractivity contribution in [3.05, 3.63) is 65.7 Å². The quantitative estimate of drug-likeness (QED) is 0.375. The lowest BCUT2D eigenvalue weighted by Crippen LogP contribution is -2.18. The number of hydrogen-bond donors (Lipinski definition) is 2. The Morgan fingerprint density at radius 1 is 0.920 bits per heavy atom. The van der Waals surface area contributed by atoms with E-state index in [9.17, 15) is 4.79 Å². The molecule has 0 aliphatic rings. The number of aldehydes is 1. The van der Waals surface area contributed by atoms with Crippen LogP contribution in [-0.4, -0.2) is 24.4 Å². The molecule has 2 aromatic rings. The summed E-state index contributed by atoms with van der Waals surface area (Å²) >= 11 is 7.95. The van der Waals surface area contributed by atoms with E-state index in [0.29, 0.717) is 12.2 Å². The van der Waals surface area contributed by atoms with Crippen LogP contribution in [0.15, 0.2) is 54.6 Å². The number of ether oxygens (including phenoxy) is 1. The summed E-state index contributed by atoms with van der Waals surface area (Å²) in [5.41, 5.74) is 2.62. The molecule has 2 aromatic carbocycles. The molecule has 136 valence electrons. The van der Waals surface area contributed by atoms with E-state index < -0.39 is 0 Å². The van der Waals surface area contributed by atoms with Crippen LogP contribution in [0.25, 0.3) is 0 Å². The van der Waals surface area contributed by atoms with Crippen molar-refractivity contribution in [3.8, 4) is 5.75 Å². The molecular weight excluding hydrogens is 348 g/mol. The maximum absolute atomic E-state index is 9.36. The first-order valence-electron chi connectivity index (χ1n) is 8.50. The van der Waals surface area contributed by atoms with Crippen LogP contribution in [0.5, 0.6) is 5.75 Å². The minimum atomic E-state index is 0.00485. The molecule has 25 heavy (non-hydrogen) atoms. The summed E-state index contributed by atoms with van der Waals surface area (Å²) in [5, 5.41) is 0. The van der Waals surface area contributed by atoms with Crippen molar-refractivity contribution in [2.24, 2.45) is 0 Å². The second-order valence-electron chi connectivity index (χ2n) is 6.12. The highest BCUT2D eigenvalue weighted by Crippen LogP contribution is 2.32. The van der Waals surface area contributed by atoms with Crippen molar-refractivity contribution < 1.29 is 9.53 Å². The van der Waals surface area contributed by atoms with E-state index in [2.05, 4.69) is 93.7 Å². The third-order valence-corrected chi connectivity index (χ3v) is 4.46. The van der Waals surface area contributed by atoms with Crippen molar-refractivity contribution in [1.29, 1.82) is 0 Å². The molecule has 0 atom stereocenters. The van der Waals surface area contributed by atoms with E-state index in [1.54, 1.807) is 0 Å². The van der Waals surface area contributed by atoms with Gasteiger partial charge < -0.3 is 9.53 Å². The van der Waals surface area contributed by atoms with Gasteiger partial charge in [-0.05, 0) is 41.2 Å². The average Bonchev–Trinajstić information content (AvgIpc) is 2.64. The van der Waals surface area contributed by atoms with Gasteiger partial charge in [-0.3, -0.25) is 0 Å². The molecule has 2 nitrogen and oxygen atoms in total. The molecule has 0 saturated carbocycles. The molecule has 0 spiro atoms. The second kappa shape index (κ2) is 12.0. The monoisotopic (exact) mass is 376 g/mol. The van der Waals surface area contributed by atoms with E-state index >= 15 is 0 Å². The zero-order valence-electron chi connectivity index (χ0n) is 15.0. The minimum absolute atomic E-state index is 0.00485. The summed E-state index contributed by atoms with van der Waals surface area (Å²) < 4.78 is 5.67. The molecule has 0 saturated heterocycles. The molecule has 4 heteroatoms. The van der Waals surface area contributed by atoms with E-state index in [4.69, 9.17) is 4.74 Å². The zero-order valence-corrected chi connectivity index (χ0v) is 16.8. The van der Waals surface area contributed by atoms with Gasteiger partial charge in [-0.15, -0.1) is 0 Å². The van der Waals surface area contributed by atoms with Crippen molar-refractivity contribution in [2.75, 3.05) is 18.1 Å². The Kier molecular flexibility index (Phi) is 10.4. The van der Waals surface area contributed by atoms with Gasteiger partial charge in [0, 0.05) is 11.8 Å². The standard InChI is InChI=1S/C18H22OS.C3H6OS/c1-18(2,15-7-4-3-5-8-15)16-9-11-17(12-10-16)19-13-6-14-20;4-2-1-3-5/h3-5,7-12,20H,6,13-14H2,1-2H3;2,5H,1,3H2. The largest absolute Gasteiger partial charge is 0.494 e. The summed E-state index contributed by atoms with van der Waals surface area (Å²) in [6, 6.07) is 19.0. The molecule has 0 amide bonds. The number of carbonyl (C=O) groups excluding carboxylic acids is 1. The van der Waals surface area contributed by atoms with Crippen LogP contribution >= 0.6 is 25.3 Å². The Morgan fingerprint density at radius 3 is 2.00 bits per heavy atom. The third kappa shape index (κ3) is 7.57. The Balaban J connectivity index is 0.000000550. The van der Waals surface area contributed by atoms with Crippen LogP contribution in [0, 0.1) is 0 Å². The molecule has 0 heterocycles. The molecule has 2 rings (SSSR count). The van der Waals surface area contributed by atoms with Gasteiger partial charge in [0.1, 0.15) is 12.0 Å². The van der Waals surface area contributed by atoms with Gasteiger partial charge in [0.25, 0.3) is 0 Å². The van der Waals surface area contributed by atoms with Crippen LogP contribution < -0.4 is 4.74 Å². The highest BCUT2D eigenvalue weighted by Gasteiger charge is 2.22. The molecule has 0 aliphatic heterocycles. The minimum Gasteiger partial charge on any atom is -0.494 e. The summed E-state index contributed by atoms with van der Waals surface area (Å²) in [7, 11) is 0. The van der Waals surface area contributed by atoms with Crippen molar-refractivity contribution in [3.63, 3.8) is 0 Å². The van der Waals surface area contributed by atoms with Gasteiger partial charge >= 0.3 is 0 Å². The Morgan fingerprint density at radius 2 is 1.52 bits per heavy atom. The van der Waals surface area contributed by atoms with Gasteiger partial charge in [-0.2, -0.15) is 25.3 Å². The average molecular weight is 377 g/mol. The van der Waals surface area contributed by atoms with Crippen LogP contribution in [0.2, 0.25) is 0 Å². The normalized spacial score (nSPS) is 10.6. The maximum atomic E-state index is 9.36. The summed E-state index contributed by atoms with van der Waals surface area (Å²) in [6.45, 7) is 5.23. The number of thiol groups is 2. The topological polar surface area (TPSA) is 26.3 Å². The predicted octanol–water partition coefficient (Wildman–Crippen LogP) is 5.22. The van der Waals surface area contributed by atoms with E-state index in [-0.39, 0.29) is 5.41 Å². The fourth-order valence-corrected chi connectivity index (χ4v) is 2.53. The number of hydrogen-bond acceptors (Lipinski definition) is 4. The first-order chi connectivity index (χ1) is 12.1. The Hall–Kier alpha value is -1.39. The SMILES string of the molecule is CC(C)(c1ccccc1)c1ccc(OCCCS)cc1.O=CCCS. The lowest BCUT2D eigenvalue weighted by Gasteiger charge is -2.26. The van der Waals surface area contributed by atoms with Crippen LogP contribution in [0.1, 0.15) is 37.8 Å². The predicted molar refractivity (Wildman–Crippen MR) is 114 cm³/mol. The molecule has 0 N–H and O–H groups in total. The molecule has 0 unspecified atom stereocenters. The summed E-state index contributed by atoms with van der Waals surface area (Å²) in [6.07, 6.45) is 2.40. The highest BCUT2D eigenvalue weighted by atomic mass is 32.1. The molecule has 0 fully saturated rings. The third-order valence-electron chi connectivity index (χ3n) is 3.89. The Bertz CT molecular complexity index is 595. The first kappa shape index (κ1) is 21.7. The van der Waals surface area contributed by atoms with E-state index in [0.717, 1.165) is 30.8 Å². The van der Waals surface area contributed by atoms with Gasteiger partial charge in [-0.1, -0.05) is 56.3 Å². The number of carbonyl (C=O) groups is 1.